The predicted octanol–water partition coefficient (Wildman–Crippen LogP) is 1.39. The summed E-state index contributed by atoms with van der Waals surface area (Å²) in [6.45, 7) is 4.95. The quantitative estimate of drug-likeness (QED) is 0.314. The van der Waals surface area contributed by atoms with Gasteiger partial charge in [0, 0.05) is 17.5 Å². The van der Waals surface area contributed by atoms with E-state index in [9.17, 15) is 5.11 Å². The number of aliphatic hydroxyl groups is 1. The third kappa shape index (κ3) is 2.87. The maximum Gasteiger partial charge on any atom is 0.0589 e. The van der Waals surface area contributed by atoms with Gasteiger partial charge in [-0.1, -0.05) is 12.0 Å². The van der Waals surface area contributed by atoms with Crippen LogP contribution < -0.4 is 0 Å². The summed E-state index contributed by atoms with van der Waals surface area (Å²) in [6, 6.07) is 0.307. The maximum atomic E-state index is 9.19. The lowest BCUT2D eigenvalue weighted by atomic mass is 10.0. The van der Waals surface area contributed by atoms with E-state index in [2.05, 4.69) is 21.8 Å². The van der Waals surface area contributed by atoms with Gasteiger partial charge in [-0.15, -0.1) is 0 Å². The van der Waals surface area contributed by atoms with Gasteiger partial charge in [0.1, 0.15) is 0 Å². The van der Waals surface area contributed by atoms with Crippen molar-refractivity contribution in [3.63, 3.8) is 0 Å². The van der Waals surface area contributed by atoms with Gasteiger partial charge in [0.15, 0.2) is 0 Å². The van der Waals surface area contributed by atoms with E-state index in [0.717, 1.165) is 25.9 Å². The SMILES string of the molecule is CC1CCN(CCCN=[N+]=[N-])C1CO. The minimum atomic E-state index is 0.239. The average Bonchev–Trinajstić information content (AvgIpc) is 2.54. The summed E-state index contributed by atoms with van der Waals surface area (Å²) in [6.07, 6.45) is 2.04. The second kappa shape index (κ2) is 5.86. The highest BCUT2D eigenvalue weighted by Gasteiger charge is 2.29. The Bertz CT molecular complexity index is 215. The highest BCUT2D eigenvalue weighted by molar-refractivity contribution is 4.83. The summed E-state index contributed by atoms with van der Waals surface area (Å²) in [5.41, 5.74) is 8.10. The van der Waals surface area contributed by atoms with Crippen LogP contribution in [0.3, 0.4) is 0 Å². The molecule has 1 aliphatic heterocycles. The van der Waals surface area contributed by atoms with Crippen LogP contribution in [0.25, 0.3) is 10.4 Å². The number of aliphatic hydroxyl groups excluding tert-OH is 1. The highest BCUT2D eigenvalue weighted by Crippen LogP contribution is 2.23. The molecule has 1 fully saturated rings. The Morgan fingerprint density at radius 2 is 2.43 bits per heavy atom. The van der Waals surface area contributed by atoms with Crippen LogP contribution in [0.4, 0.5) is 0 Å². The van der Waals surface area contributed by atoms with Crippen LogP contribution in [0.1, 0.15) is 19.8 Å². The number of hydrogen-bond donors (Lipinski definition) is 1. The van der Waals surface area contributed by atoms with Gasteiger partial charge in [0.05, 0.1) is 6.61 Å². The Balaban J connectivity index is 2.26. The molecule has 0 aromatic heterocycles. The monoisotopic (exact) mass is 198 g/mol. The van der Waals surface area contributed by atoms with E-state index >= 15 is 0 Å². The molecular formula is C9H18N4O. The topological polar surface area (TPSA) is 72.2 Å². The van der Waals surface area contributed by atoms with Crippen LogP contribution in [-0.4, -0.2) is 42.3 Å². The van der Waals surface area contributed by atoms with Gasteiger partial charge in [0.2, 0.25) is 0 Å². The number of nitrogens with zero attached hydrogens (tertiary/aromatic N) is 4. The molecule has 0 aromatic carbocycles. The van der Waals surface area contributed by atoms with E-state index in [1.165, 1.54) is 0 Å². The minimum Gasteiger partial charge on any atom is -0.395 e. The number of rotatable bonds is 5. The maximum absolute atomic E-state index is 9.19. The Labute approximate surface area is 84.3 Å². The van der Waals surface area contributed by atoms with Crippen LogP contribution >= 0.6 is 0 Å². The van der Waals surface area contributed by atoms with Crippen molar-refractivity contribution < 1.29 is 5.11 Å². The molecule has 1 N–H and O–H groups in total. The Hall–Kier alpha value is -0.770. The van der Waals surface area contributed by atoms with Crippen molar-refractivity contribution in [3.8, 4) is 0 Å². The lowest BCUT2D eigenvalue weighted by Crippen LogP contribution is -2.36. The van der Waals surface area contributed by atoms with Crippen LogP contribution in [0.5, 0.6) is 0 Å². The molecule has 0 saturated carbocycles. The van der Waals surface area contributed by atoms with Gasteiger partial charge >= 0.3 is 0 Å². The van der Waals surface area contributed by atoms with Crippen LogP contribution in [-0.2, 0) is 0 Å². The summed E-state index contributed by atoms with van der Waals surface area (Å²) in [4.78, 5) is 5.00. The second-order valence-corrected chi connectivity index (χ2v) is 3.86. The first-order valence-corrected chi connectivity index (χ1v) is 5.15. The first-order valence-electron chi connectivity index (χ1n) is 5.15. The fourth-order valence-corrected chi connectivity index (χ4v) is 2.05. The van der Waals surface area contributed by atoms with Crippen LogP contribution in [0.15, 0.2) is 5.11 Å². The first kappa shape index (κ1) is 11.3. The summed E-state index contributed by atoms with van der Waals surface area (Å²) >= 11 is 0. The third-order valence-electron chi connectivity index (χ3n) is 2.95. The van der Waals surface area contributed by atoms with Crippen molar-refractivity contribution in [2.75, 3.05) is 26.2 Å². The van der Waals surface area contributed by atoms with Gasteiger partial charge in [0.25, 0.3) is 0 Å². The van der Waals surface area contributed by atoms with Crippen molar-refractivity contribution in [2.24, 2.45) is 11.0 Å². The molecule has 14 heavy (non-hydrogen) atoms. The zero-order valence-electron chi connectivity index (χ0n) is 8.63. The average molecular weight is 198 g/mol. The van der Waals surface area contributed by atoms with E-state index < -0.39 is 0 Å². The van der Waals surface area contributed by atoms with Crippen LogP contribution in [0.2, 0.25) is 0 Å². The number of likely N-dealkylation sites (tertiary alicyclic amines) is 1. The summed E-state index contributed by atoms with van der Waals surface area (Å²) in [7, 11) is 0. The molecule has 0 spiro atoms. The molecular weight excluding hydrogens is 180 g/mol. The number of hydrogen-bond acceptors (Lipinski definition) is 3. The molecule has 0 aromatic rings. The first-order chi connectivity index (χ1) is 6.79. The fraction of sp³-hybridized carbons (Fsp3) is 1.00. The summed E-state index contributed by atoms with van der Waals surface area (Å²) in [5.74, 6) is 0.583. The van der Waals surface area contributed by atoms with E-state index in [1.807, 2.05) is 0 Å². The highest BCUT2D eigenvalue weighted by atomic mass is 16.3. The van der Waals surface area contributed by atoms with Gasteiger partial charge in [-0.2, -0.15) is 0 Å². The predicted molar refractivity (Wildman–Crippen MR) is 54.9 cm³/mol. The van der Waals surface area contributed by atoms with Crippen molar-refractivity contribution >= 4 is 0 Å². The third-order valence-corrected chi connectivity index (χ3v) is 2.95. The van der Waals surface area contributed by atoms with Crippen molar-refractivity contribution in [1.82, 2.24) is 4.90 Å². The molecule has 1 saturated heterocycles. The van der Waals surface area contributed by atoms with Crippen LogP contribution in [0, 0.1) is 5.92 Å². The Morgan fingerprint density at radius 3 is 3.07 bits per heavy atom. The molecule has 5 heteroatoms. The lowest BCUT2D eigenvalue weighted by Gasteiger charge is -2.24. The van der Waals surface area contributed by atoms with Crippen molar-refractivity contribution in [1.29, 1.82) is 0 Å². The van der Waals surface area contributed by atoms with E-state index in [-0.39, 0.29) is 6.61 Å². The van der Waals surface area contributed by atoms with Gasteiger partial charge < -0.3 is 5.11 Å². The Morgan fingerprint density at radius 1 is 1.64 bits per heavy atom. The standard InChI is InChI=1S/C9H18N4O/c1-8-3-6-13(9(8)7-14)5-2-4-11-12-10/h8-9,14H,2-7H2,1H3. The van der Waals surface area contributed by atoms with Crippen molar-refractivity contribution in [3.05, 3.63) is 10.4 Å². The van der Waals surface area contributed by atoms with E-state index in [4.69, 9.17) is 5.53 Å². The molecule has 0 bridgehead atoms. The molecule has 1 aliphatic rings. The van der Waals surface area contributed by atoms with Gasteiger partial charge in [-0.05, 0) is 37.4 Å². The summed E-state index contributed by atoms with van der Waals surface area (Å²) < 4.78 is 0. The van der Waals surface area contributed by atoms with E-state index in [1.54, 1.807) is 0 Å². The number of azide groups is 1. The largest absolute Gasteiger partial charge is 0.395 e. The zero-order chi connectivity index (χ0) is 10.4. The molecule has 1 rings (SSSR count). The van der Waals surface area contributed by atoms with Crippen molar-refractivity contribution in [2.45, 2.75) is 25.8 Å². The zero-order valence-corrected chi connectivity index (χ0v) is 8.63. The molecule has 80 valence electrons. The van der Waals surface area contributed by atoms with Gasteiger partial charge in [-0.25, -0.2) is 0 Å². The molecule has 1 heterocycles. The molecule has 2 unspecified atom stereocenters. The lowest BCUT2D eigenvalue weighted by molar-refractivity contribution is 0.139. The molecule has 2 atom stereocenters. The molecule has 0 amide bonds. The fourth-order valence-electron chi connectivity index (χ4n) is 2.05. The second-order valence-electron chi connectivity index (χ2n) is 3.86. The minimum absolute atomic E-state index is 0.239. The Kier molecular flexibility index (Phi) is 4.73. The molecule has 0 radical (unpaired) electrons. The van der Waals surface area contributed by atoms with E-state index in [0.29, 0.717) is 18.5 Å². The molecule has 0 aliphatic carbocycles. The summed E-state index contributed by atoms with van der Waals surface area (Å²) in [5, 5.41) is 12.7. The normalized spacial score (nSPS) is 27.6. The van der Waals surface area contributed by atoms with Gasteiger partial charge in [-0.3, -0.25) is 4.90 Å². The molecule has 5 nitrogen and oxygen atoms in total. The smallest absolute Gasteiger partial charge is 0.0589 e.